The summed E-state index contributed by atoms with van der Waals surface area (Å²) < 4.78 is 7.71. The summed E-state index contributed by atoms with van der Waals surface area (Å²) in [5, 5.41) is 13.1. The molecule has 0 saturated heterocycles. The van der Waals surface area contributed by atoms with Crippen molar-refractivity contribution >= 4 is 12.0 Å². The molecule has 21 heavy (non-hydrogen) atoms. The third kappa shape index (κ3) is 3.31. The Hall–Kier alpha value is -2.56. The van der Waals surface area contributed by atoms with E-state index in [2.05, 4.69) is 5.10 Å². The molecule has 0 atom stereocenters. The van der Waals surface area contributed by atoms with Gasteiger partial charge in [0.25, 0.3) is 0 Å². The van der Waals surface area contributed by atoms with Crippen molar-refractivity contribution in [3.05, 3.63) is 46.8 Å². The number of nitrogens with zero attached hydrogens (tertiary/aromatic N) is 2. The summed E-state index contributed by atoms with van der Waals surface area (Å²) in [4.78, 5) is 10.7. The molecule has 0 bridgehead atoms. The van der Waals surface area contributed by atoms with E-state index in [1.54, 1.807) is 4.68 Å². The lowest BCUT2D eigenvalue weighted by Crippen LogP contribution is -1.94. The van der Waals surface area contributed by atoms with Crippen molar-refractivity contribution in [3.8, 4) is 11.5 Å². The SMILES string of the molecule is Cc1ccc(Oc2c(C)nn(C)c2C)c(/C=C/C(=O)O)c1. The van der Waals surface area contributed by atoms with E-state index >= 15 is 0 Å². The monoisotopic (exact) mass is 286 g/mol. The Kier molecular flexibility index (Phi) is 4.12. The number of hydrogen-bond acceptors (Lipinski definition) is 3. The maximum Gasteiger partial charge on any atom is 0.328 e. The minimum Gasteiger partial charge on any atom is -0.478 e. The Morgan fingerprint density at radius 3 is 2.62 bits per heavy atom. The molecule has 0 radical (unpaired) electrons. The van der Waals surface area contributed by atoms with E-state index < -0.39 is 5.97 Å². The van der Waals surface area contributed by atoms with Crippen LogP contribution in [0.3, 0.4) is 0 Å². The Bertz CT molecular complexity index is 715. The number of aliphatic carboxylic acids is 1. The number of carbonyl (C=O) groups is 1. The van der Waals surface area contributed by atoms with Crippen molar-refractivity contribution in [1.29, 1.82) is 0 Å². The van der Waals surface area contributed by atoms with Crippen molar-refractivity contribution in [2.45, 2.75) is 20.8 Å². The van der Waals surface area contributed by atoms with Gasteiger partial charge in [-0.05, 0) is 39.0 Å². The van der Waals surface area contributed by atoms with E-state index in [-0.39, 0.29) is 0 Å². The molecule has 0 spiro atoms. The molecular formula is C16H18N2O3. The van der Waals surface area contributed by atoms with Gasteiger partial charge in [-0.2, -0.15) is 5.10 Å². The van der Waals surface area contributed by atoms with Crippen LogP contribution >= 0.6 is 0 Å². The number of benzene rings is 1. The van der Waals surface area contributed by atoms with Gasteiger partial charge in [-0.15, -0.1) is 0 Å². The number of carboxylic acids is 1. The average molecular weight is 286 g/mol. The molecule has 1 N–H and O–H groups in total. The highest BCUT2D eigenvalue weighted by Gasteiger charge is 2.13. The van der Waals surface area contributed by atoms with Gasteiger partial charge in [0, 0.05) is 18.7 Å². The number of aryl methyl sites for hydroxylation is 3. The maximum absolute atomic E-state index is 10.7. The van der Waals surface area contributed by atoms with Gasteiger partial charge in [0.15, 0.2) is 5.75 Å². The lowest BCUT2D eigenvalue weighted by Gasteiger charge is -2.10. The molecule has 0 amide bonds. The van der Waals surface area contributed by atoms with E-state index in [4.69, 9.17) is 9.84 Å². The molecule has 0 aliphatic heterocycles. The Morgan fingerprint density at radius 2 is 2.05 bits per heavy atom. The first-order valence-electron chi connectivity index (χ1n) is 6.58. The highest BCUT2D eigenvalue weighted by Crippen LogP contribution is 2.31. The third-order valence-corrected chi connectivity index (χ3v) is 3.23. The second kappa shape index (κ2) is 5.83. The van der Waals surface area contributed by atoms with Crippen molar-refractivity contribution in [1.82, 2.24) is 9.78 Å². The number of rotatable bonds is 4. The van der Waals surface area contributed by atoms with E-state index in [0.29, 0.717) is 11.5 Å². The minimum atomic E-state index is -0.990. The molecule has 2 rings (SSSR count). The van der Waals surface area contributed by atoms with Crippen molar-refractivity contribution in [3.63, 3.8) is 0 Å². The fourth-order valence-corrected chi connectivity index (χ4v) is 2.06. The van der Waals surface area contributed by atoms with E-state index in [0.717, 1.165) is 28.6 Å². The predicted octanol–water partition coefficient (Wildman–Crippen LogP) is 3.24. The smallest absolute Gasteiger partial charge is 0.328 e. The molecule has 1 aromatic heterocycles. The second-order valence-corrected chi connectivity index (χ2v) is 4.94. The standard InChI is InChI=1S/C16H18N2O3/c1-10-5-7-14(13(9-10)6-8-15(19)20)21-16-11(2)17-18(4)12(16)3/h5-9H,1-4H3,(H,19,20)/b8-6+. The predicted molar refractivity (Wildman–Crippen MR) is 80.6 cm³/mol. The minimum absolute atomic E-state index is 0.609. The summed E-state index contributed by atoms with van der Waals surface area (Å²) in [6.45, 7) is 5.75. The summed E-state index contributed by atoms with van der Waals surface area (Å²) in [6.07, 6.45) is 2.64. The van der Waals surface area contributed by atoms with Gasteiger partial charge in [0.2, 0.25) is 0 Å². The third-order valence-electron chi connectivity index (χ3n) is 3.23. The fraction of sp³-hybridized carbons (Fsp3) is 0.250. The molecule has 0 unspecified atom stereocenters. The van der Waals surface area contributed by atoms with Crippen LogP contribution in [0, 0.1) is 20.8 Å². The van der Waals surface area contributed by atoms with Crippen LogP contribution in [0.25, 0.3) is 6.08 Å². The first kappa shape index (κ1) is 14.8. The molecule has 5 heteroatoms. The average Bonchev–Trinajstić information content (AvgIpc) is 2.65. The molecule has 5 nitrogen and oxygen atoms in total. The zero-order chi connectivity index (χ0) is 15.6. The zero-order valence-corrected chi connectivity index (χ0v) is 12.5. The quantitative estimate of drug-likeness (QED) is 0.876. The summed E-state index contributed by atoms with van der Waals surface area (Å²) in [5.41, 5.74) is 3.47. The number of ether oxygens (including phenoxy) is 1. The first-order valence-corrected chi connectivity index (χ1v) is 6.58. The Morgan fingerprint density at radius 1 is 1.33 bits per heavy atom. The van der Waals surface area contributed by atoms with Gasteiger partial charge >= 0.3 is 5.97 Å². The zero-order valence-electron chi connectivity index (χ0n) is 12.5. The Labute approximate surface area is 123 Å². The van der Waals surface area contributed by atoms with Crippen LogP contribution in [0.4, 0.5) is 0 Å². The maximum atomic E-state index is 10.7. The lowest BCUT2D eigenvalue weighted by molar-refractivity contribution is -0.131. The topological polar surface area (TPSA) is 64.4 Å². The van der Waals surface area contributed by atoms with E-state index in [1.165, 1.54) is 6.08 Å². The largest absolute Gasteiger partial charge is 0.478 e. The summed E-state index contributed by atoms with van der Waals surface area (Å²) >= 11 is 0. The number of carboxylic acid groups (broad SMARTS) is 1. The molecule has 1 aromatic carbocycles. The summed E-state index contributed by atoms with van der Waals surface area (Å²) in [7, 11) is 1.86. The van der Waals surface area contributed by atoms with Crippen LogP contribution in [-0.2, 0) is 11.8 Å². The molecule has 0 aliphatic carbocycles. The molecule has 110 valence electrons. The van der Waals surface area contributed by atoms with Crippen LogP contribution < -0.4 is 4.74 Å². The summed E-state index contributed by atoms with van der Waals surface area (Å²) in [6, 6.07) is 5.65. The van der Waals surface area contributed by atoms with Gasteiger partial charge in [0.1, 0.15) is 11.4 Å². The molecule has 0 fully saturated rings. The molecular weight excluding hydrogens is 268 g/mol. The van der Waals surface area contributed by atoms with Crippen molar-refractivity contribution in [2.24, 2.45) is 7.05 Å². The highest BCUT2D eigenvalue weighted by atomic mass is 16.5. The fourth-order valence-electron chi connectivity index (χ4n) is 2.06. The lowest BCUT2D eigenvalue weighted by atomic mass is 10.1. The molecule has 0 aliphatic rings. The van der Waals surface area contributed by atoms with Crippen LogP contribution in [0.15, 0.2) is 24.3 Å². The van der Waals surface area contributed by atoms with Crippen LogP contribution in [0.5, 0.6) is 11.5 Å². The molecule has 0 saturated carbocycles. The Balaban J connectivity index is 2.42. The normalized spacial score (nSPS) is 11.0. The van der Waals surface area contributed by atoms with Crippen LogP contribution in [0.2, 0.25) is 0 Å². The first-order chi connectivity index (χ1) is 9.88. The van der Waals surface area contributed by atoms with E-state index in [1.807, 2.05) is 46.0 Å². The van der Waals surface area contributed by atoms with Gasteiger partial charge in [-0.3, -0.25) is 4.68 Å². The van der Waals surface area contributed by atoms with Gasteiger partial charge in [-0.1, -0.05) is 11.6 Å². The van der Waals surface area contributed by atoms with Crippen molar-refractivity contribution in [2.75, 3.05) is 0 Å². The summed E-state index contributed by atoms with van der Waals surface area (Å²) in [5.74, 6) is 0.319. The second-order valence-electron chi connectivity index (χ2n) is 4.94. The van der Waals surface area contributed by atoms with Crippen LogP contribution in [0.1, 0.15) is 22.5 Å². The van der Waals surface area contributed by atoms with Crippen LogP contribution in [-0.4, -0.2) is 20.9 Å². The van der Waals surface area contributed by atoms with Crippen molar-refractivity contribution < 1.29 is 14.6 Å². The molecule has 1 heterocycles. The van der Waals surface area contributed by atoms with E-state index in [9.17, 15) is 4.79 Å². The number of hydrogen-bond donors (Lipinski definition) is 1. The van der Waals surface area contributed by atoms with Gasteiger partial charge in [0.05, 0.1) is 5.69 Å². The molecule has 2 aromatic rings. The highest BCUT2D eigenvalue weighted by molar-refractivity contribution is 5.86. The van der Waals surface area contributed by atoms with Gasteiger partial charge < -0.3 is 9.84 Å². The van der Waals surface area contributed by atoms with Gasteiger partial charge in [-0.25, -0.2) is 4.79 Å². The number of aromatic nitrogens is 2.